The van der Waals surface area contributed by atoms with Gasteiger partial charge in [0.2, 0.25) is 5.88 Å². The second kappa shape index (κ2) is 8.72. The average molecular weight is 456 g/mol. The van der Waals surface area contributed by atoms with E-state index < -0.39 is 23.7 Å². The molecule has 6 nitrogen and oxygen atoms in total. The van der Waals surface area contributed by atoms with Crippen molar-refractivity contribution in [2.24, 2.45) is 0 Å². The first-order valence-corrected chi connectivity index (χ1v) is 9.57. The number of rotatable bonds is 4. The van der Waals surface area contributed by atoms with Crippen molar-refractivity contribution >= 4 is 39.9 Å². The van der Waals surface area contributed by atoms with Crippen molar-refractivity contribution in [2.45, 2.75) is 13.1 Å². The first-order chi connectivity index (χ1) is 14.1. The van der Waals surface area contributed by atoms with Crippen molar-refractivity contribution in [2.75, 3.05) is 5.32 Å². The molecular weight excluding hydrogens is 443 g/mol. The number of hydrogen-bond donors (Lipinski definition) is 2. The minimum Gasteiger partial charge on any atom is -0.438 e. The predicted molar refractivity (Wildman–Crippen MR) is 106 cm³/mol. The normalized spacial score (nSPS) is 11.1. The van der Waals surface area contributed by atoms with Gasteiger partial charge in [0.05, 0.1) is 16.1 Å². The third-order valence-corrected chi connectivity index (χ3v) is 5.15. The summed E-state index contributed by atoms with van der Waals surface area (Å²) in [6, 6.07) is 7.45. The number of amides is 3. The lowest BCUT2D eigenvalue weighted by atomic mass is 10.2. The van der Waals surface area contributed by atoms with Crippen molar-refractivity contribution in [3.63, 3.8) is 0 Å². The summed E-state index contributed by atoms with van der Waals surface area (Å²) in [4.78, 5) is 27.9. The fourth-order valence-corrected chi connectivity index (χ4v) is 3.40. The first-order valence-electron chi connectivity index (χ1n) is 8.31. The van der Waals surface area contributed by atoms with Gasteiger partial charge in [0, 0.05) is 23.2 Å². The zero-order valence-corrected chi connectivity index (χ0v) is 16.8. The Morgan fingerprint density at radius 3 is 2.53 bits per heavy atom. The SMILES string of the molecule is Cc1c(Oc2ccc(C(F)(F)F)cn2)csc1NC(=O)NC(=O)c1ccccc1Cl. The molecule has 3 amide bonds. The summed E-state index contributed by atoms with van der Waals surface area (Å²) >= 11 is 7.04. The molecule has 0 bridgehead atoms. The number of imide groups is 1. The lowest BCUT2D eigenvalue weighted by Crippen LogP contribution is -2.34. The van der Waals surface area contributed by atoms with Gasteiger partial charge in [-0.25, -0.2) is 9.78 Å². The highest BCUT2D eigenvalue weighted by Crippen LogP contribution is 2.36. The fraction of sp³-hybridized carbons (Fsp3) is 0.105. The summed E-state index contributed by atoms with van der Waals surface area (Å²) in [5.41, 5.74) is -0.226. The van der Waals surface area contributed by atoms with Crippen LogP contribution in [0, 0.1) is 6.92 Å². The van der Waals surface area contributed by atoms with Crippen LogP contribution in [0.5, 0.6) is 11.6 Å². The Bertz CT molecular complexity index is 1080. The first kappa shape index (κ1) is 21.6. The van der Waals surface area contributed by atoms with Crippen LogP contribution >= 0.6 is 22.9 Å². The number of hydrogen-bond acceptors (Lipinski definition) is 5. The van der Waals surface area contributed by atoms with Gasteiger partial charge in [-0.3, -0.25) is 15.4 Å². The van der Waals surface area contributed by atoms with E-state index in [0.717, 1.165) is 23.5 Å². The number of carbonyl (C=O) groups is 2. The summed E-state index contributed by atoms with van der Waals surface area (Å²) in [5, 5.41) is 6.84. The van der Waals surface area contributed by atoms with Crippen molar-refractivity contribution in [3.05, 3.63) is 69.7 Å². The number of anilines is 1. The summed E-state index contributed by atoms with van der Waals surface area (Å²) in [5.74, 6) is -0.397. The number of ether oxygens (including phenoxy) is 1. The molecule has 11 heteroatoms. The van der Waals surface area contributed by atoms with E-state index in [1.54, 1.807) is 24.4 Å². The molecule has 0 atom stereocenters. The van der Waals surface area contributed by atoms with Gasteiger partial charge in [-0.15, -0.1) is 11.3 Å². The quantitative estimate of drug-likeness (QED) is 0.515. The molecule has 0 unspecified atom stereocenters. The van der Waals surface area contributed by atoms with Crippen LogP contribution in [0.2, 0.25) is 5.02 Å². The zero-order chi connectivity index (χ0) is 21.9. The highest BCUT2D eigenvalue weighted by Gasteiger charge is 2.30. The Hall–Kier alpha value is -3.11. The van der Waals surface area contributed by atoms with Crippen LogP contribution in [0.25, 0.3) is 0 Å². The third kappa shape index (κ3) is 5.08. The minimum atomic E-state index is -4.49. The molecule has 0 aliphatic rings. The molecule has 0 radical (unpaired) electrons. The van der Waals surface area contributed by atoms with Crippen LogP contribution in [-0.4, -0.2) is 16.9 Å². The number of urea groups is 1. The Morgan fingerprint density at radius 1 is 1.17 bits per heavy atom. The number of nitrogens with one attached hydrogen (secondary N) is 2. The summed E-state index contributed by atoms with van der Waals surface area (Å²) < 4.78 is 43.3. The summed E-state index contributed by atoms with van der Waals surface area (Å²) in [6.45, 7) is 1.64. The van der Waals surface area contributed by atoms with E-state index >= 15 is 0 Å². The number of pyridine rings is 1. The zero-order valence-electron chi connectivity index (χ0n) is 15.2. The molecule has 2 N–H and O–H groups in total. The van der Waals surface area contributed by atoms with Crippen molar-refractivity contribution in [1.82, 2.24) is 10.3 Å². The van der Waals surface area contributed by atoms with Crippen LogP contribution in [-0.2, 0) is 6.18 Å². The molecule has 0 fully saturated rings. The smallest absolute Gasteiger partial charge is 0.417 e. The van der Waals surface area contributed by atoms with E-state index in [9.17, 15) is 22.8 Å². The van der Waals surface area contributed by atoms with Crippen molar-refractivity contribution in [1.29, 1.82) is 0 Å². The summed E-state index contributed by atoms with van der Waals surface area (Å²) in [7, 11) is 0. The molecule has 0 aliphatic heterocycles. The Morgan fingerprint density at radius 2 is 1.90 bits per heavy atom. The topological polar surface area (TPSA) is 80.3 Å². The Balaban J connectivity index is 1.64. The molecule has 0 spiro atoms. The maximum atomic E-state index is 12.6. The maximum absolute atomic E-state index is 12.6. The molecule has 30 heavy (non-hydrogen) atoms. The molecule has 3 rings (SSSR count). The van der Waals surface area contributed by atoms with Crippen LogP contribution in [0.4, 0.5) is 23.0 Å². The lowest BCUT2D eigenvalue weighted by molar-refractivity contribution is -0.137. The molecule has 0 saturated heterocycles. The molecule has 156 valence electrons. The molecule has 3 aromatic rings. The number of benzene rings is 1. The van der Waals surface area contributed by atoms with E-state index in [1.807, 2.05) is 0 Å². The number of nitrogens with zero attached hydrogens (tertiary/aromatic N) is 1. The third-order valence-electron chi connectivity index (χ3n) is 3.84. The van der Waals surface area contributed by atoms with Gasteiger partial charge in [0.1, 0.15) is 10.8 Å². The molecular formula is C19H13ClF3N3O3S. The van der Waals surface area contributed by atoms with Gasteiger partial charge in [-0.2, -0.15) is 13.2 Å². The molecule has 0 aliphatic carbocycles. The Kier molecular flexibility index (Phi) is 6.28. The van der Waals surface area contributed by atoms with E-state index in [4.69, 9.17) is 16.3 Å². The largest absolute Gasteiger partial charge is 0.438 e. The highest BCUT2D eigenvalue weighted by atomic mass is 35.5. The predicted octanol–water partition coefficient (Wildman–Crippen LogP) is 5.88. The standard InChI is InChI=1S/C19H13ClF3N3O3S/c1-10-14(29-15-7-6-11(8-24-15)19(21,22)23)9-30-17(10)26-18(28)25-16(27)12-4-2-3-5-13(12)20/h2-9H,1H3,(H2,25,26,27,28). The minimum absolute atomic E-state index is 0.0335. The van der Waals surface area contributed by atoms with E-state index in [-0.39, 0.29) is 16.5 Å². The van der Waals surface area contributed by atoms with Crippen molar-refractivity contribution < 1.29 is 27.5 Å². The average Bonchev–Trinajstić information content (AvgIpc) is 3.01. The second-order valence-electron chi connectivity index (χ2n) is 5.93. The van der Waals surface area contributed by atoms with E-state index in [1.165, 1.54) is 12.1 Å². The number of aromatic nitrogens is 1. The Labute approximate surface area is 177 Å². The van der Waals surface area contributed by atoms with Gasteiger partial charge in [-0.05, 0) is 25.1 Å². The van der Waals surface area contributed by atoms with Gasteiger partial charge >= 0.3 is 12.2 Å². The highest BCUT2D eigenvalue weighted by molar-refractivity contribution is 7.14. The van der Waals surface area contributed by atoms with Crippen molar-refractivity contribution in [3.8, 4) is 11.6 Å². The fourth-order valence-electron chi connectivity index (χ4n) is 2.30. The number of alkyl halides is 3. The van der Waals surface area contributed by atoms with Gasteiger partial charge in [0.25, 0.3) is 5.91 Å². The van der Waals surface area contributed by atoms with Crippen LogP contribution in [0.1, 0.15) is 21.5 Å². The van der Waals surface area contributed by atoms with Crippen LogP contribution < -0.4 is 15.4 Å². The molecule has 0 saturated carbocycles. The number of thiophene rings is 1. The molecule has 1 aromatic carbocycles. The van der Waals surface area contributed by atoms with Gasteiger partial charge in [0.15, 0.2) is 0 Å². The summed E-state index contributed by atoms with van der Waals surface area (Å²) in [6.07, 6.45) is -3.82. The van der Waals surface area contributed by atoms with Gasteiger partial charge in [-0.1, -0.05) is 23.7 Å². The van der Waals surface area contributed by atoms with E-state index in [0.29, 0.717) is 22.5 Å². The number of carbonyl (C=O) groups excluding carboxylic acids is 2. The van der Waals surface area contributed by atoms with E-state index in [2.05, 4.69) is 15.6 Å². The molecule has 2 aromatic heterocycles. The second-order valence-corrected chi connectivity index (χ2v) is 7.21. The van der Waals surface area contributed by atoms with Crippen LogP contribution in [0.15, 0.2) is 48.0 Å². The van der Waals surface area contributed by atoms with Crippen LogP contribution in [0.3, 0.4) is 0 Å². The molecule has 2 heterocycles. The van der Waals surface area contributed by atoms with Gasteiger partial charge < -0.3 is 4.74 Å². The maximum Gasteiger partial charge on any atom is 0.417 e. The lowest BCUT2D eigenvalue weighted by Gasteiger charge is -2.09. The monoisotopic (exact) mass is 455 g/mol. The number of halogens is 4.